The van der Waals surface area contributed by atoms with E-state index in [0.717, 1.165) is 56.1 Å². The molecule has 0 spiro atoms. The maximum absolute atomic E-state index is 12.0. The van der Waals surface area contributed by atoms with Crippen LogP contribution in [-0.2, 0) is 4.79 Å². The molecule has 1 fully saturated rings. The Kier molecular flexibility index (Phi) is 5.71. The molecule has 3 N–H and O–H groups in total. The number of carbonyl (C=O) groups is 1. The van der Waals surface area contributed by atoms with Crippen molar-refractivity contribution >= 4 is 11.7 Å². The standard InChI is InChI=1S/C16H27N5O/c1-4-5-14(17)16(22)20-13-6-8-21(9-7-13)15-10-11(2)18-12(3)19-15/h10,13-14H,4-9,17H2,1-3H3,(H,20,22). The molecule has 1 aromatic heterocycles. The highest BCUT2D eigenvalue weighted by Gasteiger charge is 2.23. The number of piperidine rings is 1. The Bertz CT molecular complexity index is 491. The Labute approximate surface area is 132 Å². The van der Waals surface area contributed by atoms with Gasteiger partial charge in [0.25, 0.3) is 0 Å². The summed E-state index contributed by atoms with van der Waals surface area (Å²) >= 11 is 0. The second-order valence-electron chi connectivity index (χ2n) is 6.08. The average molecular weight is 305 g/mol. The molecule has 1 atom stereocenters. The van der Waals surface area contributed by atoms with Gasteiger partial charge in [-0.2, -0.15) is 0 Å². The fourth-order valence-electron chi connectivity index (χ4n) is 2.86. The number of amides is 1. The third kappa shape index (κ3) is 4.40. The number of nitrogens with one attached hydrogen (secondary N) is 1. The lowest BCUT2D eigenvalue weighted by molar-refractivity contribution is -0.123. The van der Waals surface area contributed by atoms with Crippen molar-refractivity contribution in [3.8, 4) is 0 Å². The number of hydrogen-bond acceptors (Lipinski definition) is 5. The van der Waals surface area contributed by atoms with E-state index >= 15 is 0 Å². The van der Waals surface area contributed by atoms with E-state index in [1.165, 1.54) is 0 Å². The number of aryl methyl sites for hydroxylation is 2. The maximum Gasteiger partial charge on any atom is 0.237 e. The third-order valence-corrected chi connectivity index (χ3v) is 4.05. The largest absolute Gasteiger partial charge is 0.356 e. The zero-order chi connectivity index (χ0) is 16.1. The molecule has 22 heavy (non-hydrogen) atoms. The molecule has 0 aliphatic carbocycles. The first kappa shape index (κ1) is 16.7. The fourth-order valence-corrected chi connectivity index (χ4v) is 2.86. The van der Waals surface area contributed by atoms with Crippen LogP contribution >= 0.6 is 0 Å². The van der Waals surface area contributed by atoms with E-state index in [9.17, 15) is 4.79 Å². The number of anilines is 1. The van der Waals surface area contributed by atoms with E-state index in [2.05, 4.69) is 20.2 Å². The van der Waals surface area contributed by atoms with Crippen molar-refractivity contribution in [2.45, 2.75) is 58.5 Å². The van der Waals surface area contributed by atoms with Crippen LogP contribution in [0.4, 0.5) is 5.82 Å². The highest BCUT2D eigenvalue weighted by molar-refractivity contribution is 5.81. The topological polar surface area (TPSA) is 84.1 Å². The molecule has 0 bridgehead atoms. The van der Waals surface area contributed by atoms with Crippen LogP contribution in [0.5, 0.6) is 0 Å². The molecule has 1 amide bonds. The van der Waals surface area contributed by atoms with Gasteiger partial charge in [0.2, 0.25) is 5.91 Å². The molecule has 6 heteroatoms. The summed E-state index contributed by atoms with van der Waals surface area (Å²) in [5.74, 6) is 1.77. The minimum atomic E-state index is -0.379. The average Bonchev–Trinajstić information content (AvgIpc) is 2.47. The number of carbonyl (C=O) groups excluding carboxylic acids is 1. The monoisotopic (exact) mass is 305 g/mol. The highest BCUT2D eigenvalue weighted by Crippen LogP contribution is 2.18. The van der Waals surface area contributed by atoms with E-state index in [4.69, 9.17) is 5.73 Å². The van der Waals surface area contributed by atoms with Crippen molar-refractivity contribution in [1.82, 2.24) is 15.3 Å². The Morgan fingerprint density at radius 2 is 2.09 bits per heavy atom. The van der Waals surface area contributed by atoms with Gasteiger partial charge < -0.3 is 16.0 Å². The van der Waals surface area contributed by atoms with Crippen LogP contribution in [0.15, 0.2) is 6.07 Å². The van der Waals surface area contributed by atoms with E-state index in [0.29, 0.717) is 0 Å². The summed E-state index contributed by atoms with van der Waals surface area (Å²) in [7, 11) is 0. The smallest absolute Gasteiger partial charge is 0.237 e. The lowest BCUT2D eigenvalue weighted by Crippen LogP contribution is -2.49. The molecule has 2 heterocycles. The summed E-state index contributed by atoms with van der Waals surface area (Å²) in [6.07, 6.45) is 3.52. The van der Waals surface area contributed by atoms with Crippen LogP contribution in [0.3, 0.4) is 0 Å². The predicted molar refractivity (Wildman–Crippen MR) is 87.8 cm³/mol. The Hall–Kier alpha value is -1.69. The number of nitrogens with two attached hydrogens (primary N) is 1. The molecule has 6 nitrogen and oxygen atoms in total. The summed E-state index contributed by atoms with van der Waals surface area (Å²) in [5, 5.41) is 3.07. The van der Waals surface area contributed by atoms with Crippen molar-refractivity contribution in [2.24, 2.45) is 5.73 Å². The fraction of sp³-hybridized carbons (Fsp3) is 0.688. The van der Waals surface area contributed by atoms with E-state index in [1.807, 2.05) is 26.8 Å². The number of hydrogen-bond donors (Lipinski definition) is 2. The van der Waals surface area contributed by atoms with Gasteiger partial charge in [-0.05, 0) is 33.1 Å². The first-order valence-corrected chi connectivity index (χ1v) is 8.12. The lowest BCUT2D eigenvalue weighted by atomic mass is 10.0. The molecular formula is C16H27N5O. The number of rotatable bonds is 5. The second kappa shape index (κ2) is 7.54. The predicted octanol–water partition coefficient (Wildman–Crippen LogP) is 1.31. The molecule has 2 rings (SSSR count). The molecule has 1 aliphatic heterocycles. The van der Waals surface area contributed by atoms with Crippen molar-refractivity contribution in [2.75, 3.05) is 18.0 Å². The van der Waals surface area contributed by atoms with Crippen molar-refractivity contribution in [1.29, 1.82) is 0 Å². The lowest BCUT2D eigenvalue weighted by Gasteiger charge is -2.33. The molecule has 1 aliphatic rings. The first-order chi connectivity index (χ1) is 10.5. The maximum atomic E-state index is 12.0. The summed E-state index contributed by atoms with van der Waals surface area (Å²) in [6, 6.07) is 1.86. The quantitative estimate of drug-likeness (QED) is 0.857. The Morgan fingerprint density at radius 3 is 2.68 bits per heavy atom. The Balaban J connectivity index is 1.86. The molecule has 1 aromatic rings. The van der Waals surface area contributed by atoms with Crippen LogP contribution in [0, 0.1) is 13.8 Å². The molecule has 1 unspecified atom stereocenters. The van der Waals surface area contributed by atoms with Crippen molar-refractivity contribution in [3.63, 3.8) is 0 Å². The van der Waals surface area contributed by atoms with Gasteiger partial charge >= 0.3 is 0 Å². The van der Waals surface area contributed by atoms with Crippen LogP contribution in [0.1, 0.15) is 44.1 Å². The van der Waals surface area contributed by atoms with E-state index in [1.54, 1.807) is 0 Å². The minimum absolute atomic E-state index is 0.0194. The number of aromatic nitrogens is 2. The van der Waals surface area contributed by atoms with Gasteiger partial charge in [0.1, 0.15) is 11.6 Å². The minimum Gasteiger partial charge on any atom is -0.356 e. The zero-order valence-corrected chi connectivity index (χ0v) is 13.8. The van der Waals surface area contributed by atoms with Gasteiger partial charge in [-0.15, -0.1) is 0 Å². The van der Waals surface area contributed by atoms with Crippen LogP contribution in [0.25, 0.3) is 0 Å². The van der Waals surface area contributed by atoms with Crippen LogP contribution < -0.4 is 16.0 Å². The van der Waals surface area contributed by atoms with Crippen molar-refractivity contribution in [3.05, 3.63) is 17.6 Å². The third-order valence-electron chi connectivity index (χ3n) is 4.05. The zero-order valence-electron chi connectivity index (χ0n) is 13.8. The second-order valence-corrected chi connectivity index (χ2v) is 6.08. The van der Waals surface area contributed by atoms with Gasteiger partial charge in [-0.3, -0.25) is 4.79 Å². The van der Waals surface area contributed by atoms with Gasteiger partial charge in [0.15, 0.2) is 0 Å². The normalized spacial score (nSPS) is 17.4. The van der Waals surface area contributed by atoms with Gasteiger partial charge in [-0.1, -0.05) is 13.3 Å². The number of nitrogens with zero attached hydrogens (tertiary/aromatic N) is 3. The molecule has 122 valence electrons. The molecule has 0 saturated carbocycles. The summed E-state index contributed by atoms with van der Waals surface area (Å²) in [6.45, 7) is 7.73. The van der Waals surface area contributed by atoms with Gasteiger partial charge in [0.05, 0.1) is 6.04 Å². The van der Waals surface area contributed by atoms with Gasteiger partial charge in [0, 0.05) is 30.9 Å². The molecule has 0 aromatic carbocycles. The SMILES string of the molecule is CCCC(N)C(=O)NC1CCN(c2cc(C)nc(C)n2)CC1. The van der Waals surface area contributed by atoms with E-state index in [-0.39, 0.29) is 18.0 Å². The van der Waals surface area contributed by atoms with Gasteiger partial charge in [-0.25, -0.2) is 9.97 Å². The highest BCUT2D eigenvalue weighted by atomic mass is 16.2. The first-order valence-electron chi connectivity index (χ1n) is 8.12. The summed E-state index contributed by atoms with van der Waals surface area (Å²) < 4.78 is 0. The van der Waals surface area contributed by atoms with Crippen LogP contribution in [-0.4, -0.2) is 41.0 Å². The van der Waals surface area contributed by atoms with E-state index < -0.39 is 0 Å². The summed E-state index contributed by atoms with van der Waals surface area (Å²) in [4.78, 5) is 23.0. The summed E-state index contributed by atoms with van der Waals surface area (Å²) in [5.41, 5.74) is 6.85. The Morgan fingerprint density at radius 1 is 1.41 bits per heavy atom. The molecular weight excluding hydrogens is 278 g/mol. The van der Waals surface area contributed by atoms with Crippen molar-refractivity contribution < 1.29 is 4.79 Å². The molecule has 0 radical (unpaired) electrons. The molecule has 1 saturated heterocycles. The van der Waals surface area contributed by atoms with Crippen LogP contribution in [0.2, 0.25) is 0 Å².